The molecule has 1 amide bonds. The largest absolute Gasteiger partial charge is 0.444 e. The Balaban J connectivity index is 1.99. The minimum Gasteiger partial charge on any atom is -0.444 e. The van der Waals surface area contributed by atoms with Crippen LogP contribution in [0.4, 0.5) is 4.79 Å². The summed E-state index contributed by atoms with van der Waals surface area (Å²) in [5, 5.41) is 0. The van der Waals surface area contributed by atoms with Crippen molar-refractivity contribution in [2.24, 2.45) is 0 Å². The summed E-state index contributed by atoms with van der Waals surface area (Å²) < 4.78 is 11.6. The van der Waals surface area contributed by atoms with Crippen LogP contribution in [0.3, 0.4) is 0 Å². The van der Waals surface area contributed by atoms with E-state index in [2.05, 4.69) is 0 Å². The normalized spacial score (nSPS) is 12.4. The molecule has 0 N–H and O–H groups in total. The van der Waals surface area contributed by atoms with Crippen LogP contribution >= 0.6 is 0 Å². The molecule has 0 aromatic heterocycles. The van der Waals surface area contributed by atoms with Crippen molar-refractivity contribution in [3.63, 3.8) is 0 Å². The molecular formula is C22H28BNO3. The third-order valence-corrected chi connectivity index (χ3v) is 4.01. The van der Waals surface area contributed by atoms with Gasteiger partial charge in [-0.1, -0.05) is 60.1 Å². The zero-order chi connectivity index (χ0) is 19.9. The average molecular weight is 365 g/mol. The number of carbonyl (C=O) groups is 1. The quantitative estimate of drug-likeness (QED) is 0.697. The van der Waals surface area contributed by atoms with Crippen LogP contribution in [-0.4, -0.2) is 38.0 Å². The Morgan fingerprint density at radius 3 is 2.44 bits per heavy atom. The predicted molar refractivity (Wildman–Crippen MR) is 109 cm³/mol. The van der Waals surface area contributed by atoms with Gasteiger partial charge >= 0.3 is 6.09 Å². The van der Waals surface area contributed by atoms with Crippen LogP contribution in [0.5, 0.6) is 0 Å². The first-order valence-electron chi connectivity index (χ1n) is 9.20. The smallest absolute Gasteiger partial charge is 0.410 e. The van der Waals surface area contributed by atoms with Crippen LogP contribution in [0, 0.1) is 0 Å². The van der Waals surface area contributed by atoms with Crippen molar-refractivity contribution >= 4 is 19.4 Å². The highest BCUT2D eigenvalue weighted by Gasteiger charge is 2.21. The minimum absolute atomic E-state index is 0.127. The van der Waals surface area contributed by atoms with Gasteiger partial charge in [0, 0.05) is 13.6 Å². The maximum Gasteiger partial charge on any atom is 0.410 e. The van der Waals surface area contributed by atoms with Crippen LogP contribution in [0.1, 0.15) is 44.4 Å². The summed E-state index contributed by atoms with van der Waals surface area (Å²) in [6.45, 7) is 6.58. The SMILES string of the molecule is [B]c1cccc(COC(CCN(C)C(=O)OC(C)(C)C)c2ccccc2)c1. The molecular weight excluding hydrogens is 337 g/mol. The molecule has 1 atom stereocenters. The van der Waals surface area contributed by atoms with E-state index in [1.807, 2.05) is 75.4 Å². The van der Waals surface area contributed by atoms with Crippen LogP contribution in [0.15, 0.2) is 54.6 Å². The van der Waals surface area contributed by atoms with Gasteiger partial charge < -0.3 is 14.4 Å². The summed E-state index contributed by atoms with van der Waals surface area (Å²) in [7, 11) is 7.59. The summed E-state index contributed by atoms with van der Waals surface area (Å²) in [6.07, 6.45) is 0.213. The number of rotatable bonds is 7. The van der Waals surface area contributed by atoms with E-state index >= 15 is 0 Å². The molecule has 0 aliphatic rings. The number of benzene rings is 2. The molecule has 2 aromatic carbocycles. The second-order valence-corrected chi connectivity index (χ2v) is 7.65. The van der Waals surface area contributed by atoms with Crippen molar-refractivity contribution < 1.29 is 14.3 Å². The fourth-order valence-corrected chi connectivity index (χ4v) is 2.64. The summed E-state index contributed by atoms with van der Waals surface area (Å²) in [5.41, 5.74) is 2.32. The van der Waals surface area contributed by atoms with Gasteiger partial charge in [-0.25, -0.2) is 4.79 Å². The van der Waals surface area contributed by atoms with Gasteiger partial charge in [-0.05, 0) is 38.3 Å². The Morgan fingerprint density at radius 1 is 1.11 bits per heavy atom. The van der Waals surface area contributed by atoms with E-state index in [1.54, 1.807) is 11.9 Å². The van der Waals surface area contributed by atoms with E-state index < -0.39 is 5.60 Å². The Bertz CT molecular complexity index is 728. The number of carbonyl (C=O) groups excluding carboxylic acids is 1. The predicted octanol–water partition coefficient (Wildman–Crippen LogP) is 4.00. The third-order valence-electron chi connectivity index (χ3n) is 4.01. The average Bonchev–Trinajstić information content (AvgIpc) is 2.61. The van der Waals surface area contributed by atoms with Gasteiger partial charge in [-0.15, -0.1) is 0 Å². The molecule has 0 heterocycles. The molecule has 0 fully saturated rings. The first-order valence-corrected chi connectivity index (χ1v) is 9.20. The monoisotopic (exact) mass is 365 g/mol. The second kappa shape index (κ2) is 9.61. The first kappa shape index (κ1) is 21.0. The number of amides is 1. The van der Waals surface area contributed by atoms with E-state index in [0.29, 0.717) is 19.6 Å². The highest BCUT2D eigenvalue weighted by molar-refractivity contribution is 6.32. The van der Waals surface area contributed by atoms with Gasteiger partial charge in [0.2, 0.25) is 0 Å². The number of hydrogen-bond acceptors (Lipinski definition) is 3. The highest BCUT2D eigenvalue weighted by Crippen LogP contribution is 2.23. The van der Waals surface area contributed by atoms with Crippen molar-refractivity contribution in [3.05, 3.63) is 65.7 Å². The summed E-state index contributed by atoms with van der Waals surface area (Å²) in [5.74, 6) is 0. The molecule has 5 heteroatoms. The van der Waals surface area contributed by atoms with Crippen molar-refractivity contribution in [2.75, 3.05) is 13.6 Å². The van der Waals surface area contributed by atoms with Gasteiger partial charge in [0.1, 0.15) is 13.4 Å². The fraction of sp³-hybridized carbons (Fsp3) is 0.409. The van der Waals surface area contributed by atoms with Gasteiger partial charge in [0.25, 0.3) is 0 Å². The Kier molecular flexibility index (Phi) is 7.49. The molecule has 27 heavy (non-hydrogen) atoms. The number of ether oxygens (including phenoxy) is 2. The highest BCUT2D eigenvalue weighted by atomic mass is 16.6. The maximum absolute atomic E-state index is 12.2. The van der Waals surface area contributed by atoms with Crippen LogP contribution in [-0.2, 0) is 16.1 Å². The van der Waals surface area contributed by atoms with E-state index in [4.69, 9.17) is 17.3 Å². The molecule has 1 unspecified atom stereocenters. The van der Waals surface area contributed by atoms with Crippen molar-refractivity contribution in [3.8, 4) is 0 Å². The standard InChI is InChI=1S/C22H28BNO3/c1-22(2,3)27-21(25)24(4)14-13-20(18-10-6-5-7-11-18)26-16-17-9-8-12-19(23)15-17/h5-12,15,20H,13-14,16H2,1-4H3. The van der Waals surface area contributed by atoms with Crippen LogP contribution in [0.25, 0.3) is 0 Å². The Hall–Kier alpha value is -2.27. The molecule has 0 aliphatic carbocycles. The lowest BCUT2D eigenvalue weighted by Gasteiger charge is -2.26. The fourth-order valence-electron chi connectivity index (χ4n) is 2.64. The zero-order valence-corrected chi connectivity index (χ0v) is 16.6. The van der Waals surface area contributed by atoms with Crippen molar-refractivity contribution in [2.45, 2.75) is 45.5 Å². The second-order valence-electron chi connectivity index (χ2n) is 7.65. The van der Waals surface area contributed by atoms with Crippen LogP contribution < -0.4 is 5.46 Å². The number of nitrogens with zero attached hydrogens (tertiary/aromatic N) is 1. The Morgan fingerprint density at radius 2 is 1.81 bits per heavy atom. The van der Waals surface area contributed by atoms with Gasteiger partial charge in [0.15, 0.2) is 0 Å². The molecule has 2 aromatic rings. The first-order chi connectivity index (χ1) is 12.7. The molecule has 0 saturated carbocycles. The van der Waals surface area contributed by atoms with E-state index in [9.17, 15) is 4.79 Å². The van der Waals surface area contributed by atoms with Crippen molar-refractivity contribution in [1.29, 1.82) is 0 Å². The van der Waals surface area contributed by atoms with Gasteiger partial charge in [0.05, 0.1) is 12.7 Å². The lowest BCUT2D eigenvalue weighted by molar-refractivity contribution is 0.0138. The lowest BCUT2D eigenvalue weighted by Crippen LogP contribution is -2.35. The summed E-state index contributed by atoms with van der Waals surface area (Å²) >= 11 is 0. The van der Waals surface area contributed by atoms with E-state index in [0.717, 1.165) is 16.6 Å². The maximum atomic E-state index is 12.2. The zero-order valence-electron chi connectivity index (χ0n) is 16.6. The van der Waals surface area contributed by atoms with E-state index in [-0.39, 0.29) is 12.2 Å². The topological polar surface area (TPSA) is 38.8 Å². The molecule has 2 radical (unpaired) electrons. The van der Waals surface area contributed by atoms with Gasteiger partial charge in [-0.3, -0.25) is 0 Å². The van der Waals surface area contributed by atoms with E-state index in [1.165, 1.54) is 0 Å². The summed E-state index contributed by atoms with van der Waals surface area (Å²) in [4.78, 5) is 13.8. The Labute approximate surface area is 163 Å². The van der Waals surface area contributed by atoms with Gasteiger partial charge in [-0.2, -0.15) is 0 Å². The molecule has 142 valence electrons. The van der Waals surface area contributed by atoms with Crippen LogP contribution in [0.2, 0.25) is 0 Å². The van der Waals surface area contributed by atoms with Crippen molar-refractivity contribution in [1.82, 2.24) is 4.90 Å². The molecule has 0 bridgehead atoms. The third kappa shape index (κ3) is 7.47. The summed E-state index contributed by atoms with van der Waals surface area (Å²) in [6, 6.07) is 17.7. The molecule has 0 spiro atoms. The molecule has 0 aliphatic heterocycles. The minimum atomic E-state index is -0.506. The molecule has 2 rings (SSSR count). The number of hydrogen-bond donors (Lipinski definition) is 0. The lowest BCUT2D eigenvalue weighted by atomic mass is 9.95. The molecule has 4 nitrogen and oxygen atoms in total. The molecule has 0 saturated heterocycles.